The van der Waals surface area contributed by atoms with Crippen LogP contribution >= 0.6 is 11.6 Å². The zero-order chi connectivity index (χ0) is 10.3. The topological polar surface area (TPSA) is 27.7 Å². The molecule has 1 heterocycles. The zero-order valence-electron chi connectivity index (χ0n) is 7.01. The molecule has 2 rings (SSSR count). The highest BCUT2D eigenvalue weighted by Gasteiger charge is 2.44. The Kier molecular flexibility index (Phi) is 1.92. The van der Waals surface area contributed by atoms with Crippen LogP contribution in [0.4, 0.5) is 8.78 Å². The fraction of sp³-hybridized carbons (Fsp3) is 0.250. The first-order valence-electron chi connectivity index (χ1n) is 3.65. The quantitative estimate of drug-likeness (QED) is 0.731. The third-order valence-electron chi connectivity index (χ3n) is 1.67. The molecule has 1 aliphatic rings. The summed E-state index contributed by atoms with van der Waals surface area (Å²) in [4.78, 5) is 0. The molecule has 0 N–H and O–H groups in total. The van der Waals surface area contributed by atoms with Crippen LogP contribution in [0.2, 0.25) is 5.02 Å². The molecule has 0 aliphatic carbocycles. The van der Waals surface area contributed by atoms with Crippen molar-refractivity contribution in [1.29, 1.82) is 0 Å². The Morgan fingerprint density at radius 2 is 2.07 bits per heavy atom. The standard InChI is InChI=1S/C8H5ClF2O3/c1-12-4-2-5(9)7-6(3-4)13-8(10,11)14-7/h2-3H,1H3. The van der Waals surface area contributed by atoms with Gasteiger partial charge in [0.05, 0.1) is 12.1 Å². The van der Waals surface area contributed by atoms with Gasteiger partial charge in [0.15, 0.2) is 11.5 Å². The Balaban J connectivity index is 2.47. The molecular weight excluding hydrogens is 218 g/mol. The van der Waals surface area contributed by atoms with Gasteiger partial charge < -0.3 is 14.2 Å². The summed E-state index contributed by atoms with van der Waals surface area (Å²) in [6.45, 7) is 0. The predicted molar refractivity (Wildman–Crippen MR) is 44.2 cm³/mol. The average molecular weight is 223 g/mol. The maximum Gasteiger partial charge on any atom is 0.586 e. The maximum absolute atomic E-state index is 12.6. The molecule has 0 saturated heterocycles. The minimum Gasteiger partial charge on any atom is -0.497 e. The fourth-order valence-electron chi connectivity index (χ4n) is 1.10. The molecule has 0 saturated carbocycles. The van der Waals surface area contributed by atoms with E-state index in [2.05, 4.69) is 9.47 Å². The van der Waals surface area contributed by atoms with Crippen molar-refractivity contribution in [2.45, 2.75) is 6.29 Å². The average Bonchev–Trinajstić information content (AvgIpc) is 2.40. The number of fused-ring (bicyclic) bond motifs is 1. The Morgan fingerprint density at radius 3 is 2.71 bits per heavy atom. The second-order valence-corrected chi connectivity index (χ2v) is 3.01. The largest absolute Gasteiger partial charge is 0.586 e. The van der Waals surface area contributed by atoms with Gasteiger partial charge in [-0.2, -0.15) is 0 Å². The van der Waals surface area contributed by atoms with Crippen LogP contribution in [0.15, 0.2) is 12.1 Å². The highest BCUT2D eigenvalue weighted by molar-refractivity contribution is 6.32. The molecule has 0 aromatic heterocycles. The number of halogens is 3. The Morgan fingerprint density at radius 1 is 1.36 bits per heavy atom. The summed E-state index contributed by atoms with van der Waals surface area (Å²) in [5.41, 5.74) is 0. The molecule has 0 radical (unpaired) electrons. The number of hydrogen-bond donors (Lipinski definition) is 0. The lowest BCUT2D eigenvalue weighted by molar-refractivity contribution is -0.286. The number of benzene rings is 1. The van der Waals surface area contributed by atoms with E-state index >= 15 is 0 Å². The van der Waals surface area contributed by atoms with Crippen molar-refractivity contribution >= 4 is 11.6 Å². The number of ether oxygens (including phenoxy) is 3. The first-order valence-corrected chi connectivity index (χ1v) is 4.03. The van der Waals surface area contributed by atoms with Crippen molar-refractivity contribution in [3.8, 4) is 17.2 Å². The van der Waals surface area contributed by atoms with Gasteiger partial charge in [-0.05, 0) is 0 Å². The molecule has 6 heteroatoms. The van der Waals surface area contributed by atoms with Crippen molar-refractivity contribution < 1.29 is 23.0 Å². The second-order valence-electron chi connectivity index (χ2n) is 2.60. The Hall–Kier alpha value is -1.23. The van der Waals surface area contributed by atoms with Crippen LogP contribution in [0.1, 0.15) is 0 Å². The summed E-state index contributed by atoms with van der Waals surface area (Å²) < 4.78 is 38.4. The molecule has 0 fully saturated rings. The maximum atomic E-state index is 12.6. The van der Waals surface area contributed by atoms with E-state index < -0.39 is 6.29 Å². The van der Waals surface area contributed by atoms with Crippen LogP contribution < -0.4 is 14.2 Å². The molecule has 0 atom stereocenters. The van der Waals surface area contributed by atoms with Crippen molar-refractivity contribution in [2.75, 3.05) is 7.11 Å². The van der Waals surface area contributed by atoms with Crippen molar-refractivity contribution in [2.24, 2.45) is 0 Å². The van der Waals surface area contributed by atoms with Gasteiger partial charge in [0.2, 0.25) is 0 Å². The molecule has 1 aromatic rings. The molecule has 3 nitrogen and oxygen atoms in total. The third kappa shape index (κ3) is 1.43. The van der Waals surface area contributed by atoms with Crippen molar-refractivity contribution in [1.82, 2.24) is 0 Å². The number of alkyl halides is 2. The number of hydrogen-bond acceptors (Lipinski definition) is 3. The fourth-order valence-corrected chi connectivity index (χ4v) is 1.34. The highest BCUT2D eigenvalue weighted by Crippen LogP contribution is 2.47. The van der Waals surface area contributed by atoms with E-state index in [1.807, 2.05) is 0 Å². The van der Waals surface area contributed by atoms with Gasteiger partial charge in [-0.15, -0.1) is 8.78 Å². The Bertz CT molecular complexity index is 381. The molecule has 76 valence electrons. The third-order valence-corrected chi connectivity index (χ3v) is 1.95. The summed E-state index contributed by atoms with van der Waals surface area (Å²) in [7, 11) is 1.39. The van der Waals surface area contributed by atoms with Gasteiger partial charge in [-0.25, -0.2) is 0 Å². The number of rotatable bonds is 1. The first-order chi connectivity index (χ1) is 6.52. The van der Waals surface area contributed by atoms with E-state index in [1.165, 1.54) is 19.2 Å². The zero-order valence-corrected chi connectivity index (χ0v) is 7.77. The van der Waals surface area contributed by atoms with Crippen LogP contribution in [0.5, 0.6) is 17.2 Å². The van der Waals surface area contributed by atoms with E-state index in [4.69, 9.17) is 16.3 Å². The van der Waals surface area contributed by atoms with Crippen molar-refractivity contribution in [3.63, 3.8) is 0 Å². The van der Waals surface area contributed by atoms with Crippen LogP contribution in [0.3, 0.4) is 0 Å². The van der Waals surface area contributed by atoms with E-state index in [0.717, 1.165) is 0 Å². The van der Waals surface area contributed by atoms with Gasteiger partial charge in [0, 0.05) is 12.1 Å². The van der Waals surface area contributed by atoms with Gasteiger partial charge in [0.1, 0.15) is 5.75 Å². The Labute approximate surface area is 83.1 Å². The van der Waals surface area contributed by atoms with Gasteiger partial charge in [0.25, 0.3) is 0 Å². The summed E-state index contributed by atoms with van der Waals surface area (Å²) >= 11 is 5.66. The lowest BCUT2D eigenvalue weighted by Gasteiger charge is -2.04. The molecule has 0 spiro atoms. The first kappa shape index (κ1) is 9.33. The monoisotopic (exact) mass is 222 g/mol. The summed E-state index contributed by atoms with van der Waals surface area (Å²) in [5.74, 6) is 0.0341. The molecular formula is C8H5ClF2O3. The molecule has 1 aliphatic heterocycles. The lowest BCUT2D eigenvalue weighted by Crippen LogP contribution is -2.26. The molecule has 0 bridgehead atoms. The number of methoxy groups -OCH3 is 1. The normalized spacial score (nSPS) is 16.9. The van der Waals surface area contributed by atoms with E-state index in [-0.39, 0.29) is 16.5 Å². The van der Waals surface area contributed by atoms with Gasteiger partial charge >= 0.3 is 6.29 Å². The van der Waals surface area contributed by atoms with Gasteiger partial charge in [-0.3, -0.25) is 0 Å². The van der Waals surface area contributed by atoms with Crippen molar-refractivity contribution in [3.05, 3.63) is 17.2 Å². The minimum absolute atomic E-state index is 0.0246. The van der Waals surface area contributed by atoms with E-state index in [1.54, 1.807) is 0 Å². The van der Waals surface area contributed by atoms with Gasteiger partial charge in [-0.1, -0.05) is 11.6 Å². The predicted octanol–water partition coefficient (Wildman–Crippen LogP) is 2.67. The van der Waals surface area contributed by atoms with Crippen LogP contribution in [0.25, 0.3) is 0 Å². The van der Waals surface area contributed by atoms with E-state index in [9.17, 15) is 8.78 Å². The molecule has 0 amide bonds. The second kappa shape index (κ2) is 2.88. The van der Waals surface area contributed by atoms with Crippen LogP contribution in [0, 0.1) is 0 Å². The van der Waals surface area contributed by atoms with Crippen LogP contribution in [-0.2, 0) is 0 Å². The molecule has 0 unspecified atom stereocenters. The summed E-state index contributed by atoms with van der Waals surface area (Å²) in [5, 5.41) is 0.0246. The van der Waals surface area contributed by atoms with E-state index in [0.29, 0.717) is 5.75 Å². The summed E-state index contributed by atoms with van der Waals surface area (Å²) in [6.07, 6.45) is -3.65. The smallest absolute Gasteiger partial charge is 0.497 e. The SMILES string of the molecule is COc1cc(Cl)c2c(c1)OC(F)(F)O2. The molecule has 1 aromatic carbocycles. The minimum atomic E-state index is -3.65. The molecule has 14 heavy (non-hydrogen) atoms. The highest BCUT2D eigenvalue weighted by atomic mass is 35.5. The summed E-state index contributed by atoms with van der Waals surface area (Å²) in [6, 6.07) is 2.65. The van der Waals surface area contributed by atoms with Crippen LogP contribution in [-0.4, -0.2) is 13.4 Å². The lowest BCUT2D eigenvalue weighted by atomic mass is 10.3.